The molecule has 148 valence electrons. The van der Waals surface area contributed by atoms with Gasteiger partial charge in [-0.05, 0) is 38.3 Å². The molecule has 0 amide bonds. The fraction of sp³-hybridized carbons (Fsp3) is 0.500. The first-order valence-electron chi connectivity index (χ1n) is 9.60. The number of esters is 1. The number of fused-ring (bicyclic) bond motifs is 1. The Labute approximate surface area is 163 Å². The van der Waals surface area contributed by atoms with Crippen molar-refractivity contribution in [3.05, 3.63) is 23.4 Å². The fourth-order valence-corrected chi connectivity index (χ4v) is 4.05. The molecule has 1 fully saturated rings. The summed E-state index contributed by atoms with van der Waals surface area (Å²) in [6, 6.07) is 3.74. The average molecular weight is 384 g/mol. The second kappa shape index (κ2) is 7.61. The van der Waals surface area contributed by atoms with Gasteiger partial charge >= 0.3 is 5.97 Å². The number of carbonyl (C=O) groups is 1. The van der Waals surface area contributed by atoms with Gasteiger partial charge in [-0.3, -0.25) is 4.79 Å². The molecule has 1 aliphatic heterocycles. The molecule has 1 saturated carbocycles. The summed E-state index contributed by atoms with van der Waals surface area (Å²) in [6.07, 6.45) is 4.12. The molecule has 2 aromatic rings. The molecule has 0 spiro atoms. The highest BCUT2D eigenvalue weighted by Crippen LogP contribution is 2.40. The van der Waals surface area contributed by atoms with Gasteiger partial charge in [-0.2, -0.15) is 0 Å². The first-order valence-corrected chi connectivity index (χ1v) is 9.60. The van der Waals surface area contributed by atoms with Crippen molar-refractivity contribution in [2.45, 2.75) is 45.1 Å². The molecule has 1 aromatic heterocycles. The zero-order chi connectivity index (χ0) is 19.7. The van der Waals surface area contributed by atoms with E-state index in [9.17, 15) is 9.90 Å². The van der Waals surface area contributed by atoms with Gasteiger partial charge in [0.15, 0.2) is 0 Å². The maximum Gasteiger partial charge on any atom is 0.308 e. The maximum absolute atomic E-state index is 11.8. The molecule has 2 N–H and O–H groups in total. The van der Waals surface area contributed by atoms with Crippen LogP contribution in [-0.4, -0.2) is 46.0 Å². The van der Waals surface area contributed by atoms with E-state index in [0.717, 1.165) is 30.6 Å². The molecule has 0 radical (unpaired) electrons. The van der Waals surface area contributed by atoms with Gasteiger partial charge in [0, 0.05) is 23.6 Å². The number of rotatable bonds is 4. The van der Waals surface area contributed by atoms with Crippen LogP contribution in [0.15, 0.2) is 12.1 Å². The number of methoxy groups -OCH3 is 1. The molecule has 2 atom stereocenters. The number of carbonyl (C=O) groups excluding carboxylic acids is 1. The standard InChI is InChI=1S/C20H24N4O4/c1-11-17(15-6-7-16-14(18(15)25)8-9-28-16)23-24-20(21-11)22-13-5-3-4-12(10-13)19(26)27-2/h6-7,12-13,25H,3-5,8-10H2,1-2H3,(H,21,22,24)/t12-,13+/m0/s1. The summed E-state index contributed by atoms with van der Waals surface area (Å²) in [5.41, 5.74) is 2.63. The van der Waals surface area contributed by atoms with Crippen LogP contribution in [0.1, 0.15) is 36.9 Å². The monoisotopic (exact) mass is 384 g/mol. The summed E-state index contributed by atoms with van der Waals surface area (Å²) in [5, 5.41) is 22.4. The number of anilines is 1. The van der Waals surface area contributed by atoms with Crippen molar-refractivity contribution in [3.63, 3.8) is 0 Å². The normalized spacial score (nSPS) is 20.9. The smallest absolute Gasteiger partial charge is 0.308 e. The highest BCUT2D eigenvalue weighted by molar-refractivity contribution is 5.73. The lowest BCUT2D eigenvalue weighted by Gasteiger charge is -2.28. The molecular weight excluding hydrogens is 360 g/mol. The Morgan fingerprint density at radius 2 is 2.18 bits per heavy atom. The van der Waals surface area contributed by atoms with Crippen LogP contribution in [0.25, 0.3) is 11.3 Å². The van der Waals surface area contributed by atoms with E-state index >= 15 is 0 Å². The minimum absolute atomic E-state index is 0.0878. The summed E-state index contributed by atoms with van der Waals surface area (Å²) in [7, 11) is 1.43. The van der Waals surface area contributed by atoms with Crippen LogP contribution >= 0.6 is 0 Å². The number of benzene rings is 1. The van der Waals surface area contributed by atoms with Crippen molar-refractivity contribution in [2.75, 3.05) is 19.0 Å². The van der Waals surface area contributed by atoms with Crippen molar-refractivity contribution >= 4 is 11.9 Å². The lowest BCUT2D eigenvalue weighted by Crippen LogP contribution is -2.32. The van der Waals surface area contributed by atoms with E-state index in [4.69, 9.17) is 9.47 Å². The number of hydrogen-bond acceptors (Lipinski definition) is 8. The Bertz CT molecular complexity index is 902. The van der Waals surface area contributed by atoms with Gasteiger partial charge in [-0.1, -0.05) is 6.42 Å². The summed E-state index contributed by atoms with van der Waals surface area (Å²) in [5.74, 6) is 1.09. The van der Waals surface area contributed by atoms with Crippen molar-refractivity contribution < 1.29 is 19.4 Å². The molecule has 1 aromatic carbocycles. The largest absolute Gasteiger partial charge is 0.507 e. The van der Waals surface area contributed by atoms with Crippen LogP contribution in [0, 0.1) is 12.8 Å². The number of aryl methyl sites for hydroxylation is 1. The highest BCUT2D eigenvalue weighted by Gasteiger charge is 2.28. The number of nitrogens with one attached hydrogen (secondary N) is 1. The van der Waals surface area contributed by atoms with E-state index in [1.807, 2.05) is 13.0 Å². The quantitative estimate of drug-likeness (QED) is 0.775. The van der Waals surface area contributed by atoms with Crippen LogP contribution in [-0.2, 0) is 16.0 Å². The number of nitrogens with zero attached hydrogens (tertiary/aromatic N) is 3. The molecular formula is C20H24N4O4. The van der Waals surface area contributed by atoms with Crippen molar-refractivity contribution in [1.82, 2.24) is 15.2 Å². The van der Waals surface area contributed by atoms with E-state index in [-0.39, 0.29) is 23.7 Å². The van der Waals surface area contributed by atoms with Crippen molar-refractivity contribution in [1.29, 1.82) is 0 Å². The minimum Gasteiger partial charge on any atom is -0.507 e. The summed E-state index contributed by atoms with van der Waals surface area (Å²) >= 11 is 0. The van der Waals surface area contributed by atoms with Gasteiger partial charge < -0.3 is 19.9 Å². The highest BCUT2D eigenvalue weighted by atomic mass is 16.5. The van der Waals surface area contributed by atoms with E-state index in [0.29, 0.717) is 42.3 Å². The second-order valence-corrected chi connectivity index (χ2v) is 7.33. The topological polar surface area (TPSA) is 106 Å². The molecule has 0 bridgehead atoms. The van der Waals surface area contributed by atoms with Crippen LogP contribution in [0.4, 0.5) is 5.95 Å². The van der Waals surface area contributed by atoms with Crippen molar-refractivity contribution in [2.24, 2.45) is 5.92 Å². The molecule has 1 aliphatic carbocycles. The van der Waals surface area contributed by atoms with E-state index in [1.165, 1.54) is 7.11 Å². The minimum atomic E-state index is -0.159. The third-order valence-corrected chi connectivity index (χ3v) is 5.51. The predicted octanol–water partition coefficient (Wildman–Crippen LogP) is 2.63. The van der Waals surface area contributed by atoms with Crippen LogP contribution < -0.4 is 10.1 Å². The molecule has 0 saturated heterocycles. The maximum atomic E-state index is 11.8. The molecule has 8 nitrogen and oxygen atoms in total. The average Bonchev–Trinajstić information content (AvgIpc) is 3.18. The summed E-state index contributed by atoms with van der Waals surface area (Å²) < 4.78 is 10.4. The molecule has 0 unspecified atom stereocenters. The Hall–Kier alpha value is -2.90. The van der Waals surface area contributed by atoms with Gasteiger partial charge in [0.25, 0.3) is 0 Å². The number of phenols is 1. The number of phenolic OH excluding ortho intramolecular Hbond substituents is 1. The van der Waals surface area contributed by atoms with Crippen LogP contribution in [0.5, 0.6) is 11.5 Å². The second-order valence-electron chi connectivity index (χ2n) is 7.33. The summed E-state index contributed by atoms with van der Waals surface area (Å²) in [6.45, 7) is 2.42. The summed E-state index contributed by atoms with van der Waals surface area (Å²) in [4.78, 5) is 16.3. The van der Waals surface area contributed by atoms with Crippen LogP contribution in [0.3, 0.4) is 0 Å². The lowest BCUT2D eigenvalue weighted by molar-refractivity contribution is -0.146. The Morgan fingerprint density at radius 1 is 1.32 bits per heavy atom. The molecule has 2 aliphatic rings. The first-order chi connectivity index (χ1) is 13.6. The van der Waals surface area contributed by atoms with Gasteiger partial charge in [0.1, 0.15) is 17.2 Å². The van der Waals surface area contributed by atoms with Gasteiger partial charge in [0.2, 0.25) is 5.95 Å². The van der Waals surface area contributed by atoms with E-state index < -0.39 is 0 Å². The SMILES string of the molecule is COC(=O)[C@H]1CCC[C@@H](Nc2nnc(-c3ccc4c(c3O)CCO4)c(C)n2)C1. The lowest BCUT2D eigenvalue weighted by atomic mass is 9.86. The van der Waals surface area contributed by atoms with Gasteiger partial charge in [-0.15, -0.1) is 10.2 Å². The van der Waals surface area contributed by atoms with E-state index in [1.54, 1.807) is 6.07 Å². The number of hydrogen-bond donors (Lipinski definition) is 2. The molecule has 8 heteroatoms. The fourth-order valence-electron chi connectivity index (χ4n) is 4.05. The molecule has 2 heterocycles. The third-order valence-electron chi connectivity index (χ3n) is 5.51. The Morgan fingerprint density at radius 3 is 2.96 bits per heavy atom. The number of aromatic nitrogens is 3. The van der Waals surface area contributed by atoms with Gasteiger partial charge in [-0.25, -0.2) is 4.98 Å². The van der Waals surface area contributed by atoms with Gasteiger partial charge in [0.05, 0.1) is 25.3 Å². The molecule has 28 heavy (non-hydrogen) atoms. The first kappa shape index (κ1) is 18.5. The molecule has 4 rings (SSSR count). The zero-order valence-corrected chi connectivity index (χ0v) is 16.1. The Kier molecular flexibility index (Phi) is 5.02. The number of ether oxygens (including phenoxy) is 2. The third kappa shape index (κ3) is 3.46. The van der Waals surface area contributed by atoms with E-state index in [2.05, 4.69) is 20.5 Å². The number of aromatic hydroxyl groups is 1. The van der Waals surface area contributed by atoms with Crippen molar-refractivity contribution in [3.8, 4) is 22.8 Å². The zero-order valence-electron chi connectivity index (χ0n) is 16.1. The Balaban J connectivity index is 1.52. The predicted molar refractivity (Wildman–Crippen MR) is 102 cm³/mol. The van der Waals surface area contributed by atoms with Crippen LogP contribution in [0.2, 0.25) is 0 Å².